The number of rotatable bonds is 4. The molecule has 30 heavy (non-hydrogen) atoms. The van der Waals surface area contributed by atoms with Crippen LogP contribution in [0.15, 0.2) is 24.4 Å². The van der Waals surface area contributed by atoms with E-state index in [1.807, 2.05) is 31.6 Å². The van der Waals surface area contributed by atoms with E-state index in [-0.39, 0.29) is 11.7 Å². The van der Waals surface area contributed by atoms with E-state index in [1.54, 1.807) is 6.07 Å². The normalized spacial score (nSPS) is 17.0. The van der Waals surface area contributed by atoms with Crippen molar-refractivity contribution >= 4 is 5.82 Å². The number of ether oxygens (including phenoxy) is 1. The van der Waals surface area contributed by atoms with Crippen molar-refractivity contribution in [3.63, 3.8) is 0 Å². The minimum absolute atomic E-state index is 0.138. The first-order chi connectivity index (χ1) is 14.3. The minimum Gasteiger partial charge on any atom is -0.377 e. The second kappa shape index (κ2) is 8.06. The maximum atomic E-state index is 13.2. The van der Waals surface area contributed by atoms with E-state index in [9.17, 15) is 8.78 Å². The molecule has 3 aromatic heterocycles. The molecule has 1 atom stereocenters. The van der Waals surface area contributed by atoms with Crippen LogP contribution in [0.2, 0.25) is 0 Å². The molecule has 0 spiro atoms. The van der Waals surface area contributed by atoms with Gasteiger partial charge in [-0.1, -0.05) is 0 Å². The van der Waals surface area contributed by atoms with Crippen molar-refractivity contribution in [3.8, 4) is 22.6 Å². The van der Waals surface area contributed by atoms with Gasteiger partial charge >= 0.3 is 0 Å². The largest absolute Gasteiger partial charge is 0.377 e. The van der Waals surface area contributed by atoms with Crippen molar-refractivity contribution in [1.29, 1.82) is 0 Å². The first-order valence-electron chi connectivity index (χ1n) is 9.83. The number of hydrogen-bond acceptors (Lipinski definition) is 6. The number of halogens is 2. The minimum atomic E-state index is -2.66. The molecule has 1 fully saturated rings. The summed E-state index contributed by atoms with van der Waals surface area (Å²) in [4.78, 5) is 15.4. The summed E-state index contributed by atoms with van der Waals surface area (Å²) in [5.74, 6) is 1.12. The first kappa shape index (κ1) is 20.3. The molecule has 158 valence electrons. The van der Waals surface area contributed by atoms with Crippen molar-refractivity contribution in [2.45, 2.75) is 33.2 Å². The maximum Gasteiger partial charge on any atom is 0.280 e. The molecule has 4 heterocycles. The molecule has 4 rings (SSSR count). The van der Waals surface area contributed by atoms with Crippen LogP contribution in [0.25, 0.3) is 22.6 Å². The number of morpholine rings is 1. The zero-order valence-corrected chi connectivity index (χ0v) is 17.4. The molecule has 7 nitrogen and oxygen atoms in total. The van der Waals surface area contributed by atoms with Gasteiger partial charge < -0.3 is 9.64 Å². The number of pyridine rings is 1. The Morgan fingerprint density at radius 2 is 2.00 bits per heavy atom. The third-order valence-electron chi connectivity index (χ3n) is 5.40. The van der Waals surface area contributed by atoms with Gasteiger partial charge in [-0.2, -0.15) is 5.10 Å². The number of anilines is 1. The predicted molar refractivity (Wildman–Crippen MR) is 110 cm³/mol. The molecule has 0 bridgehead atoms. The van der Waals surface area contributed by atoms with Gasteiger partial charge in [0, 0.05) is 42.7 Å². The third kappa shape index (κ3) is 3.77. The highest BCUT2D eigenvalue weighted by molar-refractivity contribution is 5.71. The van der Waals surface area contributed by atoms with E-state index >= 15 is 0 Å². The van der Waals surface area contributed by atoms with Crippen LogP contribution >= 0.6 is 0 Å². The van der Waals surface area contributed by atoms with Crippen molar-refractivity contribution < 1.29 is 13.5 Å². The van der Waals surface area contributed by atoms with E-state index in [0.29, 0.717) is 36.8 Å². The number of aryl methyl sites for hydroxylation is 2. The lowest BCUT2D eigenvalue weighted by atomic mass is 10.1. The van der Waals surface area contributed by atoms with Gasteiger partial charge in [-0.3, -0.25) is 9.67 Å². The van der Waals surface area contributed by atoms with E-state index in [4.69, 9.17) is 14.7 Å². The van der Waals surface area contributed by atoms with Gasteiger partial charge in [0.25, 0.3) is 6.43 Å². The first-order valence-corrected chi connectivity index (χ1v) is 9.83. The summed E-state index contributed by atoms with van der Waals surface area (Å²) in [5, 5.41) is 4.50. The smallest absolute Gasteiger partial charge is 0.280 e. The van der Waals surface area contributed by atoms with Crippen molar-refractivity contribution in [2.24, 2.45) is 7.05 Å². The molecule has 1 saturated heterocycles. The lowest BCUT2D eigenvalue weighted by Crippen LogP contribution is -2.44. The molecular weight excluding hydrogens is 390 g/mol. The second-order valence-electron chi connectivity index (χ2n) is 7.49. The highest BCUT2D eigenvalue weighted by atomic mass is 19.3. The van der Waals surface area contributed by atoms with Crippen LogP contribution < -0.4 is 4.90 Å². The lowest BCUT2D eigenvalue weighted by Gasteiger charge is -2.34. The Bertz CT molecular complexity index is 1070. The highest BCUT2D eigenvalue weighted by Crippen LogP contribution is 2.31. The quantitative estimate of drug-likeness (QED) is 0.648. The van der Waals surface area contributed by atoms with Crippen LogP contribution in [0, 0.1) is 13.8 Å². The van der Waals surface area contributed by atoms with Crippen LogP contribution in [0.3, 0.4) is 0 Å². The maximum absolute atomic E-state index is 13.2. The Labute approximate surface area is 173 Å². The fraction of sp³-hybridized carbons (Fsp3) is 0.429. The standard InChI is InChI=1S/C21H24F2N6O/c1-12-11-30-8-7-29(12)18-10-16(19-13(2)27-28(4)14(19)3)25-21(26-18)15-5-6-24-17(9-15)20(22)23/h5-6,9-10,12,20H,7-8,11H2,1-4H3. The van der Waals surface area contributed by atoms with E-state index in [0.717, 1.165) is 22.8 Å². The summed E-state index contributed by atoms with van der Waals surface area (Å²) < 4.78 is 33.8. The van der Waals surface area contributed by atoms with Gasteiger partial charge in [-0.05, 0) is 32.9 Å². The summed E-state index contributed by atoms with van der Waals surface area (Å²) in [6, 6.07) is 5.08. The van der Waals surface area contributed by atoms with Gasteiger partial charge in [0.2, 0.25) is 0 Å². The predicted octanol–water partition coefficient (Wildman–Crippen LogP) is 3.72. The van der Waals surface area contributed by atoms with Crippen LogP contribution in [0.4, 0.5) is 14.6 Å². The number of alkyl halides is 2. The highest BCUT2D eigenvalue weighted by Gasteiger charge is 2.24. The van der Waals surface area contributed by atoms with Crippen LogP contribution in [0.1, 0.15) is 30.4 Å². The van der Waals surface area contributed by atoms with E-state index in [2.05, 4.69) is 21.9 Å². The summed E-state index contributed by atoms with van der Waals surface area (Å²) in [5.41, 5.74) is 3.67. The van der Waals surface area contributed by atoms with Crippen LogP contribution in [0.5, 0.6) is 0 Å². The van der Waals surface area contributed by atoms with Gasteiger partial charge in [0.05, 0.1) is 30.6 Å². The van der Waals surface area contributed by atoms with E-state index in [1.165, 1.54) is 12.3 Å². The fourth-order valence-electron chi connectivity index (χ4n) is 3.76. The van der Waals surface area contributed by atoms with E-state index < -0.39 is 6.43 Å². The fourth-order valence-corrected chi connectivity index (χ4v) is 3.76. The Kier molecular flexibility index (Phi) is 5.46. The Balaban J connectivity index is 1.89. The third-order valence-corrected chi connectivity index (χ3v) is 5.40. The average Bonchev–Trinajstić information content (AvgIpc) is 2.99. The Morgan fingerprint density at radius 1 is 1.20 bits per heavy atom. The molecule has 0 aliphatic carbocycles. The molecule has 1 aliphatic heterocycles. The molecule has 1 aliphatic rings. The average molecular weight is 414 g/mol. The summed E-state index contributed by atoms with van der Waals surface area (Å²) in [7, 11) is 1.89. The molecular formula is C21H24F2N6O. The van der Waals surface area contributed by atoms with Crippen molar-refractivity contribution in [1.82, 2.24) is 24.7 Å². The molecule has 0 amide bonds. The molecule has 1 unspecified atom stereocenters. The number of aromatic nitrogens is 5. The van der Waals surface area contributed by atoms with Gasteiger partial charge in [0.15, 0.2) is 5.82 Å². The summed E-state index contributed by atoms with van der Waals surface area (Å²) in [6.07, 6.45) is -1.29. The molecule has 0 aromatic carbocycles. The van der Waals surface area contributed by atoms with Gasteiger partial charge in [-0.25, -0.2) is 18.7 Å². The Morgan fingerprint density at radius 3 is 2.67 bits per heavy atom. The second-order valence-corrected chi connectivity index (χ2v) is 7.49. The van der Waals surface area contributed by atoms with Crippen molar-refractivity contribution in [2.75, 3.05) is 24.7 Å². The van der Waals surface area contributed by atoms with Crippen LogP contribution in [-0.4, -0.2) is 50.5 Å². The zero-order chi connectivity index (χ0) is 21.4. The summed E-state index contributed by atoms with van der Waals surface area (Å²) >= 11 is 0. The molecule has 0 saturated carbocycles. The topological polar surface area (TPSA) is 69.0 Å². The number of hydrogen-bond donors (Lipinski definition) is 0. The summed E-state index contributed by atoms with van der Waals surface area (Å²) in [6.45, 7) is 7.89. The molecule has 3 aromatic rings. The van der Waals surface area contributed by atoms with Crippen molar-refractivity contribution in [3.05, 3.63) is 41.5 Å². The monoisotopic (exact) mass is 414 g/mol. The molecule has 0 N–H and O–H groups in total. The Hall–Kier alpha value is -2.94. The van der Waals surface area contributed by atoms with Gasteiger partial charge in [-0.15, -0.1) is 0 Å². The molecule has 0 radical (unpaired) electrons. The zero-order valence-electron chi connectivity index (χ0n) is 17.4. The lowest BCUT2D eigenvalue weighted by molar-refractivity contribution is 0.0985. The van der Waals surface area contributed by atoms with Gasteiger partial charge in [0.1, 0.15) is 11.5 Å². The molecule has 9 heteroatoms. The van der Waals surface area contributed by atoms with Crippen LogP contribution in [-0.2, 0) is 11.8 Å². The number of nitrogens with zero attached hydrogens (tertiary/aromatic N) is 6. The SMILES string of the molecule is Cc1nn(C)c(C)c1-c1cc(N2CCOCC2C)nc(-c2ccnc(C(F)F)c2)n1.